The van der Waals surface area contributed by atoms with E-state index in [0.29, 0.717) is 0 Å². The molecule has 0 aliphatic carbocycles. The fourth-order valence-corrected chi connectivity index (χ4v) is 2.39. The third-order valence-corrected chi connectivity index (χ3v) is 3.78. The van der Waals surface area contributed by atoms with Gasteiger partial charge in [-0.05, 0) is 32.4 Å². The molecule has 1 aromatic carbocycles. The van der Waals surface area contributed by atoms with Crippen LogP contribution in [0.1, 0.15) is 23.9 Å². The number of nitrogens with zero attached hydrogens (tertiary/aromatic N) is 2. The van der Waals surface area contributed by atoms with E-state index >= 15 is 0 Å². The standard InChI is InChI=1S/C15H19BrN4/c1-4-17-14-10(2)15(20-11(3)19-14)18-9-12-7-5-6-8-13(12)16/h5-8H,4,9H2,1-3H3,(H2,17,18,19,20). The first kappa shape index (κ1) is 14.8. The maximum absolute atomic E-state index is 4.48. The number of aryl methyl sites for hydroxylation is 1. The molecule has 0 fully saturated rings. The molecule has 2 N–H and O–H groups in total. The number of nitrogens with one attached hydrogen (secondary N) is 2. The molecule has 0 amide bonds. The van der Waals surface area contributed by atoms with E-state index in [9.17, 15) is 0 Å². The molecule has 5 heteroatoms. The Kier molecular flexibility index (Phi) is 4.95. The van der Waals surface area contributed by atoms with Gasteiger partial charge in [-0.2, -0.15) is 0 Å². The number of hydrogen-bond acceptors (Lipinski definition) is 4. The lowest BCUT2D eigenvalue weighted by Gasteiger charge is -2.14. The van der Waals surface area contributed by atoms with Crippen LogP contribution in [0.15, 0.2) is 28.7 Å². The van der Waals surface area contributed by atoms with E-state index in [1.807, 2.05) is 32.0 Å². The van der Waals surface area contributed by atoms with Crippen LogP contribution >= 0.6 is 15.9 Å². The van der Waals surface area contributed by atoms with Crippen molar-refractivity contribution in [3.05, 3.63) is 45.7 Å². The number of aromatic nitrogens is 2. The van der Waals surface area contributed by atoms with E-state index < -0.39 is 0 Å². The Morgan fingerprint density at radius 2 is 1.70 bits per heavy atom. The van der Waals surface area contributed by atoms with Crippen molar-refractivity contribution in [1.29, 1.82) is 0 Å². The summed E-state index contributed by atoms with van der Waals surface area (Å²) in [6.45, 7) is 7.57. The molecule has 2 aromatic rings. The van der Waals surface area contributed by atoms with Gasteiger partial charge in [0.1, 0.15) is 17.5 Å². The summed E-state index contributed by atoms with van der Waals surface area (Å²) >= 11 is 3.56. The second kappa shape index (κ2) is 6.70. The van der Waals surface area contributed by atoms with Crippen LogP contribution in [0.5, 0.6) is 0 Å². The summed E-state index contributed by atoms with van der Waals surface area (Å²) in [5.74, 6) is 2.54. The summed E-state index contributed by atoms with van der Waals surface area (Å²) in [5.41, 5.74) is 2.25. The molecule has 0 aliphatic rings. The molecule has 0 aliphatic heterocycles. The molecule has 4 nitrogen and oxygen atoms in total. The Balaban J connectivity index is 2.19. The molecule has 20 heavy (non-hydrogen) atoms. The number of halogens is 1. The Morgan fingerprint density at radius 3 is 2.35 bits per heavy atom. The van der Waals surface area contributed by atoms with Crippen LogP contribution in [-0.4, -0.2) is 16.5 Å². The zero-order valence-corrected chi connectivity index (χ0v) is 13.6. The quantitative estimate of drug-likeness (QED) is 0.870. The lowest BCUT2D eigenvalue weighted by atomic mass is 10.2. The minimum atomic E-state index is 0.726. The van der Waals surface area contributed by atoms with Crippen molar-refractivity contribution in [2.75, 3.05) is 17.2 Å². The Morgan fingerprint density at radius 1 is 1.05 bits per heavy atom. The largest absolute Gasteiger partial charge is 0.370 e. The normalized spacial score (nSPS) is 10.4. The van der Waals surface area contributed by atoms with Gasteiger partial charge in [-0.3, -0.25) is 0 Å². The van der Waals surface area contributed by atoms with E-state index in [4.69, 9.17) is 0 Å². The zero-order valence-electron chi connectivity index (χ0n) is 12.0. The van der Waals surface area contributed by atoms with Crippen LogP contribution in [0, 0.1) is 13.8 Å². The number of rotatable bonds is 5. The van der Waals surface area contributed by atoms with E-state index in [2.05, 4.69) is 49.5 Å². The third kappa shape index (κ3) is 3.48. The molecule has 106 valence electrons. The summed E-state index contributed by atoms with van der Waals surface area (Å²) < 4.78 is 1.10. The van der Waals surface area contributed by atoms with Gasteiger partial charge in [0.2, 0.25) is 0 Å². The smallest absolute Gasteiger partial charge is 0.135 e. The molecule has 0 bridgehead atoms. The van der Waals surface area contributed by atoms with Crippen molar-refractivity contribution in [2.24, 2.45) is 0 Å². The predicted molar refractivity (Wildman–Crippen MR) is 87.1 cm³/mol. The molecule has 0 saturated heterocycles. The van der Waals surface area contributed by atoms with Crippen LogP contribution in [0.2, 0.25) is 0 Å². The molecule has 0 atom stereocenters. The van der Waals surface area contributed by atoms with Crippen molar-refractivity contribution in [3.8, 4) is 0 Å². The number of benzene rings is 1. The van der Waals surface area contributed by atoms with Crippen molar-refractivity contribution >= 4 is 27.6 Å². The van der Waals surface area contributed by atoms with Gasteiger partial charge in [0.25, 0.3) is 0 Å². The fraction of sp³-hybridized carbons (Fsp3) is 0.333. The van der Waals surface area contributed by atoms with Crippen molar-refractivity contribution in [2.45, 2.75) is 27.3 Å². The van der Waals surface area contributed by atoms with Crippen molar-refractivity contribution in [1.82, 2.24) is 9.97 Å². The molecule has 1 heterocycles. The SMILES string of the molecule is CCNc1nc(C)nc(NCc2ccccc2Br)c1C. The van der Waals surface area contributed by atoms with Gasteiger partial charge in [-0.1, -0.05) is 34.1 Å². The molecular formula is C15H19BrN4. The van der Waals surface area contributed by atoms with Gasteiger partial charge in [-0.15, -0.1) is 0 Å². The average Bonchev–Trinajstić information content (AvgIpc) is 2.42. The molecule has 0 radical (unpaired) electrons. The first-order valence-corrected chi connectivity index (χ1v) is 7.47. The van der Waals surface area contributed by atoms with Crippen molar-refractivity contribution in [3.63, 3.8) is 0 Å². The van der Waals surface area contributed by atoms with Crippen LogP contribution in [-0.2, 0) is 6.54 Å². The highest BCUT2D eigenvalue weighted by Crippen LogP contribution is 2.22. The van der Waals surface area contributed by atoms with Gasteiger partial charge >= 0.3 is 0 Å². The van der Waals surface area contributed by atoms with E-state index in [1.54, 1.807) is 0 Å². The van der Waals surface area contributed by atoms with E-state index in [1.165, 1.54) is 5.56 Å². The summed E-state index contributed by atoms with van der Waals surface area (Å²) in [7, 11) is 0. The van der Waals surface area contributed by atoms with Gasteiger partial charge < -0.3 is 10.6 Å². The van der Waals surface area contributed by atoms with Gasteiger partial charge in [0.05, 0.1) is 0 Å². The maximum atomic E-state index is 4.48. The Bertz CT molecular complexity index is 598. The molecular weight excluding hydrogens is 316 g/mol. The summed E-state index contributed by atoms with van der Waals surface area (Å²) in [4.78, 5) is 8.91. The van der Waals surface area contributed by atoms with Gasteiger partial charge in [0.15, 0.2) is 0 Å². The van der Waals surface area contributed by atoms with Crippen molar-refractivity contribution < 1.29 is 0 Å². The molecule has 1 aromatic heterocycles. The lowest BCUT2D eigenvalue weighted by molar-refractivity contribution is 0.991. The summed E-state index contributed by atoms with van der Waals surface area (Å²) in [5, 5.41) is 6.65. The lowest BCUT2D eigenvalue weighted by Crippen LogP contribution is -2.10. The van der Waals surface area contributed by atoms with Gasteiger partial charge in [-0.25, -0.2) is 9.97 Å². The molecule has 0 spiro atoms. The van der Waals surface area contributed by atoms with Crippen LogP contribution < -0.4 is 10.6 Å². The minimum Gasteiger partial charge on any atom is -0.370 e. The average molecular weight is 335 g/mol. The highest BCUT2D eigenvalue weighted by Gasteiger charge is 2.08. The first-order valence-electron chi connectivity index (χ1n) is 6.68. The number of anilines is 2. The van der Waals surface area contributed by atoms with Crippen LogP contribution in [0.4, 0.5) is 11.6 Å². The third-order valence-electron chi connectivity index (χ3n) is 3.01. The van der Waals surface area contributed by atoms with E-state index in [-0.39, 0.29) is 0 Å². The Hall–Kier alpha value is -1.62. The second-order valence-electron chi connectivity index (χ2n) is 4.57. The molecule has 2 rings (SSSR count). The van der Waals surface area contributed by atoms with Crippen LogP contribution in [0.25, 0.3) is 0 Å². The fourth-order valence-electron chi connectivity index (χ4n) is 1.96. The van der Waals surface area contributed by atoms with Gasteiger partial charge in [0, 0.05) is 23.1 Å². The summed E-state index contributed by atoms with van der Waals surface area (Å²) in [6.07, 6.45) is 0. The summed E-state index contributed by atoms with van der Waals surface area (Å²) in [6, 6.07) is 8.17. The second-order valence-corrected chi connectivity index (χ2v) is 5.42. The van der Waals surface area contributed by atoms with Crippen LogP contribution in [0.3, 0.4) is 0 Å². The molecule has 0 unspecified atom stereocenters. The first-order chi connectivity index (χ1) is 9.61. The molecule has 0 saturated carbocycles. The van der Waals surface area contributed by atoms with E-state index in [0.717, 1.165) is 40.6 Å². The predicted octanol–water partition coefficient (Wildman–Crippen LogP) is 3.90. The highest BCUT2D eigenvalue weighted by atomic mass is 79.9. The zero-order chi connectivity index (χ0) is 14.5. The minimum absolute atomic E-state index is 0.726. The monoisotopic (exact) mass is 334 g/mol. The topological polar surface area (TPSA) is 49.8 Å². The number of hydrogen-bond donors (Lipinski definition) is 2. The Labute approximate surface area is 128 Å². The highest BCUT2D eigenvalue weighted by molar-refractivity contribution is 9.10. The maximum Gasteiger partial charge on any atom is 0.135 e.